The summed E-state index contributed by atoms with van der Waals surface area (Å²) in [5.41, 5.74) is 1.78. The van der Waals surface area contributed by atoms with E-state index in [2.05, 4.69) is 0 Å². The van der Waals surface area contributed by atoms with Gasteiger partial charge in [0.2, 0.25) is 0 Å². The van der Waals surface area contributed by atoms with Crippen LogP contribution in [0.2, 0.25) is 10.0 Å². The Morgan fingerprint density at radius 1 is 0.897 bits per heavy atom. The van der Waals surface area contributed by atoms with Crippen LogP contribution in [0.25, 0.3) is 5.57 Å². The van der Waals surface area contributed by atoms with Crippen LogP contribution in [0.5, 0.6) is 5.75 Å². The van der Waals surface area contributed by atoms with Crippen LogP contribution < -0.4 is 9.64 Å². The van der Waals surface area contributed by atoms with Gasteiger partial charge in [-0.15, -0.1) is 0 Å². The van der Waals surface area contributed by atoms with Crippen molar-refractivity contribution in [3.8, 4) is 5.75 Å². The van der Waals surface area contributed by atoms with Crippen molar-refractivity contribution in [1.82, 2.24) is 4.90 Å². The molecule has 2 aromatic carbocycles. The summed E-state index contributed by atoms with van der Waals surface area (Å²) >= 11 is 12.4. The first-order valence-corrected chi connectivity index (χ1v) is 10.2. The van der Waals surface area contributed by atoms with Crippen molar-refractivity contribution >= 4 is 46.3 Å². The minimum Gasteiger partial charge on any atom is -0.497 e. The number of amides is 2. The van der Waals surface area contributed by atoms with Gasteiger partial charge in [0.1, 0.15) is 11.4 Å². The number of hydrogen-bond acceptors (Lipinski definition) is 4. The zero-order valence-corrected chi connectivity index (χ0v) is 17.5. The summed E-state index contributed by atoms with van der Waals surface area (Å²) in [4.78, 5) is 30.1. The molecule has 2 aliphatic heterocycles. The lowest BCUT2D eigenvalue weighted by molar-refractivity contribution is -0.120. The molecule has 2 aliphatic rings. The fourth-order valence-electron chi connectivity index (χ4n) is 3.82. The number of benzene rings is 2. The highest BCUT2D eigenvalue weighted by Crippen LogP contribution is 2.39. The van der Waals surface area contributed by atoms with Crippen LogP contribution in [0.1, 0.15) is 24.8 Å². The highest BCUT2D eigenvalue weighted by molar-refractivity contribution is 6.47. The highest BCUT2D eigenvalue weighted by atomic mass is 35.5. The Kier molecular flexibility index (Phi) is 5.52. The predicted molar refractivity (Wildman–Crippen MR) is 114 cm³/mol. The summed E-state index contributed by atoms with van der Waals surface area (Å²) in [6.07, 6.45) is 3.09. The van der Waals surface area contributed by atoms with E-state index in [0.29, 0.717) is 38.3 Å². The number of ether oxygens (including phenoxy) is 1. The molecule has 1 saturated heterocycles. The minimum absolute atomic E-state index is 0.296. The summed E-state index contributed by atoms with van der Waals surface area (Å²) < 4.78 is 5.22. The minimum atomic E-state index is -0.398. The Bertz CT molecular complexity index is 996. The van der Waals surface area contributed by atoms with Gasteiger partial charge < -0.3 is 9.64 Å². The van der Waals surface area contributed by atoms with Gasteiger partial charge >= 0.3 is 0 Å². The molecule has 0 aliphatic carbocycles. The molecule has 0 N–H and O–H groups in total. The Balaban J connectivity index is 1.84. The van der Waals surface area contributed by atoms with E-state index in [1.807, 2.05) is 4.90 Å². The average Bonchev–Trinajstić information content (AvgIpc) is 3.00. The number of carbonyl (C=O) groups is 2. The van der Waals surface area contributed by atoms with E-state index in [1.54, 1.807) is 49.6 Å². The van der Waals surface area contributed by atoms with Crippen molar-refractivity contribution in [2.75, 3.05) is 25.1 Å². The molecule has 29 heavy (non-hydrogen) atoms. The normalized spacial score (nSPS) is 17.3. The highest BCUT2D eigenvalue weighted by Gasteiger charge is 2.43. The van der Waals surface area contributed by atoms with Gasteiger partial charge in [-0.1, -0.05) is 35.3 Å². The molecule has 0 atom stereocenters. The molecule has 5 nitrogen and oxygen atoms in total. The molecular weight excluding hydrogens is 411 g/mol. The van der Waals surface area contributed by atoms with Crippen LogP contribution >= 0.6 is 23.2 Å². The molecule has 0 saturated carbocycles. The second-order valence-corrected chi connectivity index (χ2v) is 7.88. The summed E-state index contributed by atoms with van der Waals surface area (Å²) in [5.74, 6) is -0.0859. The van der Waals surface area contributed by atoms with Crippen molar-refractivity contribution < 1.29 is 14.3 Å². The van der Waals surface area contributed by atoms with Crippen LogP contribution in [0.4, 0.5) is 5.69 Å². The van der Waals surface area contributed by atoms with Gasteiger partial charge in [-0.3, -0.25) is 9.59 Å². The number of nitrogens with zero attached hydrogens (tertiary/aromatic N) is 2. The number of rotatable bonds is 4. The van der Waals surface area contributed by atoms with Crippen LogP contribution in [0.15, 0.2) is 48.2 Å². The Morgan fingerprint density at radius 2 is 1.59 bits per heavy atom. The fourth-order valence-corrected chi connectivity index (χ4v) is 4.19. The topological polar surface area (TPSA) is 49.9 Å². The second-order valence-electron chi connectivity index (χ2n) is 7.04. The number of halogens is 2. The summed E-state index contributed by atoms with van der Waals surface area (Å²) in [7, 11) is 1.58. The third kappa shape index (κ3) is 3.61. The molecular formula is C22H20Cl2N2O3. The molecule has 2 heterocycles. The summed E-state index contributed by atoms with van der Waals surface area (Å²) in [6, 6.07) is 11.9. The van der Waals surface area contributed by atoms with Crippen molar-refractivity contribution in [3.63, 3.8) is 0 Å². The number of anilines is 1. The third-order valence-electron chi connectivity index (χ3n) is 5.26. The van der Waals surface area contributed by atoms with E-state index in [1.165, 1.54) is 0 Å². The molecule has 0 spiro atoms. The van der Waals surface area contributed by atoms with E-state index in [9.17, 15) is 9.59 Å². The van der Waals surface area contributed by atoms with Crippen molar-refractivity contribution in [2.24, 2.45) is 0 Å². The molecule has 1 fully saturated rings. The molecule has 0 aromatic heterocycles. The van der Waals surface area contributed by atoms with Crippen molar-refractivity contribution in [2.45, 2.75) is 19.3 Å². The number of methoxy groups -OCH3 is 1. The Labute approximate surface area is 179 Å². The van der Waals surface area contributed by atoms with Crippen molar-refractivity contribution in [3.05, 3.63) is 63.8 Å². The summed E-state index contributed by atoms with van der Waals surface area (Å²) in [5, 5.41) is 0.701. The number of imide groups is 1. The van der Waals surface area contributed by atoms with E-state index in [0.717, 1.165) is 37.3 Å². The van der Waals surface area contributed by atoms with Gasteiger partial charge in [-0.05, 0) is 55.2 Å². The zero-order chi connectivity index (χ0) is 20.5. The lowest BCUT2D eigenvalue weighted by atomic mass is 10.0. The van der Waals surface area contributed by atoms with Gasteiger partial charge in [0, 0.05) is 18.1 Å². The Morgan fingerprint density at radius 3 is 2.24 bits per heavy atom. The maximum absolute atomic E-state index is 13.5. The molecule has 2 amide bonds. The maximum Gasteiger partial charge on any atom is 0.282 e. The van der Waals surface area contributed by atoms with E-state index in [4.69, 9.17) is 27.9 Å². The smallest absolute Gasteiger partial charge is 0.282 e. The monoisotopic (exact) mass is 430 g/mol. The van der Waals surface area contributed by atoms with E-state index >= 15 is 0 Å². The quantitative estimate of drug-likeness (QED) is 0.655. The first-order valence-electron chi connectivity index (χ1n) is 9.48. The molecule has 7 heteroatoms. The van der Waals surface area contributed by atoms with Gasteiger partial charge in [0.15, 0.2) is 0 Å². The number of hydrogen-bond donors (Lipinski definition) is 0. The average molecular weight is 431 g/mol. The third-order valence-corrected chi connectivity index (χ3v) is 5.81. The lowest BCUT2D eigenvalue weighted by Gasteiger charge is -2.29. The van der Waals surface area contributed by atoms with E-state index in [-0.39, 0.29) is 5.91 Å². The first kappa shape index (κ1) is 19.8. The van der Waals surface area contributed by atoms with Crippen LogP contribution in [-0.4, -0.2) is 36.9 Å². The van der Waals surface area contributed by atoms with Gasteiger partial charge in [0.25, 0.3) is 11.8 Å². The van der Waals surface area contributed by atoms with Gasteiger partial charge in [0.05, 0.1) is 23.4 Å². The Hall–Kier alpha value is -2.50. The maximum atomic E-state index is 13.5. The van der Waals surface area contributed by atoms with Crippen LogP contribution in [-0.2, 0) is 9.59 Å². The van der Waals surface area contributed by atoms with Crippen LogP contribution in [0.3, 0.4) is 0 Å². The molecule has 150 valence electrons. The second kappa shape index (κ2) is 8.09. The zero-order valence-electron chi connectivity index (χ0n) is 16.0. The molecule has 2 aromatic rings. The molecule has 0 bridgehead atoms. The SMILES string of the molecule is COc1ccc(C2=C(N3CCCCC3)C(=O)N(c3cc(Cl)ccc3Cl)C2=O)cc1. The van der Waals surface area contributed by atoms with Crippen LogP contribution in [0, 0.1) is 0 Å². The van der Waals surface area contributed by atoms with Crippen molar-refractivity contribution in [1.29, 1.82) is 0 Å². The number of carbonyl (C=O) groups excluding carboxylic acids is 2. The molecule has 0 unspecified atom stereocenters. The number of likely N-dealkylation sites (tertiary alicyclic amines) is 1. The molecule has 4 rings (SSSR count). The predicted octanol–water partition coefficient (Wildman–Crippen LogP) is 4.77. The molecule has 0 radical (unpaired) electrons. The largest absolute Gasteiger partial charge is 0.497 e. The number of piperidine rings is 1. The standard InChI is InChI=1S/C22H20Cl2N2O3/c1-29-16-8-5-14(6-9-16)19-20(25-11-3-2-4-12-25)22(28)26(21(19)27)18-13-15(23)7-10-17(18)24/h5-10,13H,2-4,11-12H2,1H3. The van der Waals surface area contributed by atoms with Gasteiger partial charge in [-0.25, -0.2) is 4.90 Å². The lowest BCUT2D eigenvalue weighted by Crippen LogP contribution is -2.37. The summed E-state index contributed by atoms with van der Waals surface area (Å²) in [6.45, 7) is 1.48. The van der Waals surface area contributed by atoms with Gasteiger partial charge in [-0.2, -0.15) is 0 Å². The van der Waals surface area contributed by atoms with E-state index < -0.39 is 5.91 Å². The first-order chi connectivity index (χ1) is 14.0. The fraction of sp³-hybridized carbons (Fsp3) is 0.273.